The molecular weight excluding hydrogens is 316 g/mol. The van der Waals surface area contributed by atoms with E-state index in [1.165, 1.54) is 11.1 Å². The molecule has 0 bridgehead atoms. The molecular formula is C19H26N4O2. The number of aliphatic hydroxyl groups excluding tert-OH is 1. The highest BCUT2D eigenvalue weighted by atomic mass is 16.3. The molecule has 0 radical (unpaired) electrons. The number of nitrogens with zero attached hydrogens (tertiary/aromatic N) is 3. The quantitative estimate of drug-likeness (QED) is 0.789. The first-order valence-corrected chi connectivity index (χ1v) is 8.89. The van der Waals surface area contributed by atoms with Gasteiger partial charge in [0.05, 0.1) is 18.8 Å². The second kappa shape index (κ2) is 8.16. The van der Waals surface area contributed by atoms with Crippen molar-refractivity contribution >= 4 is 6.03 Å². The molecule has 0 saturated carbocycles. The van der Waals surface area contributed by atoms with Crippen LogP contribution in [0.3, 0.4) is 0 Å². The van der Waals surface area contributed by atoms with Crippen LogP contribution < -0.4 is 5.32 Å². The molecule has 25 heavy (non-hydrogen) atoms. The second-order valence-corrected chi connectivity index (χ2v) is 6.55. The van der Waals surface area contributed by atoms with Gasteiger partial charge in [-0.05, 0) is 42.4 Å². The molecule has 0 aliphatic carbocycles. The Labute approximate surface area is 148 Å². The maximum absolute atomic E-state index is 12.5. The summed E-state index contributed by atoms with van der Waals surface area (Å²) in [5, 5.41) is 16.9. The van der Waals surface area contributed by atoms with Crippen LogP contribution in [0, 0.1) is 0 Å². The lowest BCUT2D eigenvalue weighted by atomic mass is 9.93. The maximum atomic E-state index is 12.5. The van der Waals surface area contributed by atoms with E-state index in [9.17, 15) is 9.90 Å². The molecule has 2 N–H and O–H groups in total. The Morgan fingerprint density at radius 3 is 2.96 bits per heavy atom. The van der Waals surface area contributed by atoms with Crippen LogP contribution in [0.2, 0.25) is 0 Å². The van der Waals surface area contributed by atoms with Gasteiger partial charge in [-0.3, -0.25) is 4.68 Å². The van der Waals surface area contributed by atoms with Gasteiger partial charge < -0.3 is 15.3 Å². The van der Waals surface area contributed by atoms with Crippen molar-refractivity contribution in [1.29, 1.82) is 0 Å². The van der Waals surface area contributed by atoms with Gasteiger partial charge in [0.15, 0.2) is 0 Å². The molecule has 2 heterocycles. The van der Waals surface area contributed by atoms with Crippen molar-refractivity contribution < 1.29 is 9.90 Å². The summed E-state index contributed by atoms with van der Waals surface area (Å²) < 4.78 is 1.81. The highest BCUT2D eigenvalue weighted by molar-refractivity contribution is 5.75. The van der Waals surface area contributed by atoms with Crippen molar-refractivity contribution in [3.05, 3.63) is 53.3 Å². The van der Waals surface area contributed by atoms with Gasteiger partial charge in [0.2, 0.25) is 0 Å². The Kier molecular flexibility index (Phi) is 5.71. The molecule has 0 spiro atoms. The lowest BCUT2D eigenvalue weighted by molar-refractivity contribution is 0.127. The molecule has 2 aromatic rings. The minimum absolute atomic E-state index is 0.0502. The number of aromatic nitrogens is 2. The molecule has 1 atom stereocenters. The second-order valence-electron chi connectivity index (χ2n) is 6.55. The molecule has 1 aromatic carbocycles. The van der Waals surface area contributed by atoms with E-state index >= 15 is 0 Å². The van der Waals surface area contributed by atoms with E-state index in [2.05, 4.69) is 16.5 Å². The topological polar surface area (TPSA) is 70.4 Å². The molecule has 2 amide bonds. The predicted octanol–water partition coefficient (Wildman–Crippen LogP) is 2.04. The number of hydrogen-bond donors (Lipinski definition) is 2. The number of unbranched alkanes of at least 4 members (excludes halogenated alkanes) is 1. The normalized spacial score (nSPS) is 16.6. The van der Waals surface area contributed by atoms with Crippen molar-refractivity contribution in [2.45, 2.75) is 31.7 Å². The summed E-state index contributed by atoms with van der Waals surface area (Å²) in [7, 11) is 1.91. The molecule has 134 valence electrons. The van der Waals surface area contributed by atoms with Crippen LogP contribution in [0.4, 0.5) is 4.79 Å². The third-order valence-electron chi connectivity index (χ3n) is 4.77. The molecule has 1 aromatic heterocycles. The zero-order valence-corrected chi connectivity index (χ0v) is 14.7. The summed E-state index contributed by atoms with van der Waals surface area (Å²) >= 11 is 0. The zero-order chi connectivity index (χ0) is 17.6. The van der Waals surface area contributed by atoms with Crippen molar-refractivity contribution in [3.8, 4) is 0 Å². The van der Waals surface area contributed by atoms with Gasteiger partial charge in [-0.15, -0.1) is 0 Å². The standard InChI is InChI=1S/C19H26N4O2/c1-22-13-15(12-21-22)6-4-5-10-20-19(25)23-11-9-16-7-2-3-8-17(16)18(23)14-24/h2-3,7-8,12-13,18,24H,4-6,9-11,14H2,1H3,(H,20,25). The van der Waals surface area contributed by atoms with Crippen LogP contribution >= 0.6 is 0 Å². The van der Waals surface area contributed by atoms with E-state index in [-0.39, 0.29) is 18.7 Å². The molecule has 1 aliphatic heterocycles. The summed E-state index contributed by atoms with van der Waals surface area (Å²) in [6.07, 6.45) is 7.65. The molecule has 3 rings (SSSR count). The van der Waals surface area contributed by atoms with Gasteiger partial charge in [-0.1, -0.05) is 24.3 Å². The monoisotopic (exact) mass is 342 g/mol. The first-order chi connectivity index (χ1) is 12.2. The summed E-state index contributed by atoms with van der Waals surface area (Å²) in [5.74, 6) is 0. The fraction of sp³-hybridized carbons (Fsp3) is 0.474. The number of rotatable bonds is 6. The Bertz CT molecular complexity index is 713. The fourth-order valence-corrected chi connectivity index (χ4v) is 3.44. The van der Waals surface area contributed by atoms with Crippen LogP contribution in [0.25, 0.3) is 0 Å². The summed E-state index contributed by atoms with van der Waals surface area (Å²) in [5.41, 5.74) is 3.51. The highest BCUT2D eigenvalue weighted by Crippen LogP contribution is 2.29. The van der Waals surface area contributed by atoms with Gasteiger partial charge in [0.25, 0.3) is 0 Å². The van der Waals surface area contributed by atoms with Crippen LogP contribution in [0.1, 0.15) is 35.6 Å². The van der Waals surface area contributed by atoms with Crippen LogP contribution in [0.5, 0.6) is 0 Å². The van der Waals surface area contributed by atoms with Gasteiger partial charge >= 0.3 is 6.03 Å². The first-order valence-electron chi connectivity index (χ1n) is 8.89. The molecule has 0 fully saturated rings. The largest absolute Gasteiger partial charge is 0.394 e. The number of amides is 2. The highest BCUT2D eigenvalue weighted by Gasteiger charge is 2.29. The fourth-order valence-electron chi connectivity index (χ4n) is 3.44. The van der Waals surface area contributed by atoms with Crippen LogP contribution in [-0.2, 0) is 19.9 Å². The third-order valence-corrected chi connectivity index (χ3v) is 4.77. The molecule has 6 heteroatoms. The minimum Gasteiger partial charge on any atom is -0.394 e. The lowest BCUT2D eigenvalue weighted by Gasteiger charge is -2.36. The van der Waals surface area contributed by atoms with Crippen molar-refractivity contribution in [1.82, 2.24) is 20.0 Å². The number of urea groups is 1. The minimum atomic E-state index is -0.250. The lowest BCUT2D eigenvalue weighted by Crippen LogP contribution is -2.47. The smallest absolute Gasteiger partial charge is 0.318 e. The Balaban J connectivity index is 1.46. The van der Waals surface area contributed by atoms with E-state index in [1.807, 2.05) is 37.6 Å². The zero-order valence-electron chi connectivity index (χ0n) is 14.7. The summed E-state index contributed by atoms with van der Waals surface area (Å²) in [4.78, 5) is 14.3. The van der Waals surface area contributed by atoms with Gasteiger partial charge in [-0.25, -0.2) is 4.79 Å². The molecule has 1 unspecified atom stereocenters. The number of nitrogens with one attached hydrogen (secondary N) is 1. The van der Waals surface area contributed by atoms with Crippen molar-refractivity contribution in [2.24, 2.45) is 7.05 Å². The van der Waals surface area contributed by atoms with Gasteiger partial charge in [0, 0.05) is 26.3 Å². The van der Waals surface area contributed by atoms with E-state index in [1.54, 1.807) is 9.58 Å². The first kappa shape index (κ1) is 17.5. The molecule has 1 aliphatic rings. The van der Waals surface area contributed by atoms with Gasteiger partial charge in [-0.2, -0.15) is 5.10 Å². The predicted molar refractivity (Wildman–Crippen MR) is 96.2 cm³/mol. The SMILES string of the molecule is Cn1cc(CCCCNC(=O)N2CCc3ccccc3C2CO)cn1. The Morgan fingerprint density at radius 1 is 1.36 bits per heavy atom. The van der Waals surface area contributed by atoms with E-state index in [0.717, 1.165) is 31.2 Å². The van der Waals surface area contributed by atoms with Crippen molar-refractivity contribution in [2.75, 3.05) is 19.7 Å². The average molecular weight is 342 g/mol. The molecule has 6 nitrogen and oxygen atoms in total. The van der Waals surface area contributed by atoms with E-state index < -0.39 is 0 Å². The number of aryl methyl sites for hydroxylation is 2. The number of carbonyl (C=O) groups excluding carboxylic acids is 1. The summed E-state index contributed by atoms with van der Waals surface area (Å²) in [6.45, 7) is 1.24. The van der Waals surface area contributed by atoms with E-state index in [0.29, 0.717) is 13.1 Å². The number of carbonyl (C=O) groups is 1. The van der Waals surface area contributed by atoms with Crippen molar-refractivity contribution in [3.63, 3.8) is 0 Å². The van der Waals surface area contributed by atoms with E-state index in [4.69, 9.17) is 0 Å². The Hall–Kier alpha value is -2.34. The third kappa shape index (κ3) is 4.20. The number of aliphatic hydroxyl groups is 1. The maximum Gasteiger partial charge on any atom is 0.318 e. The van der Waals surface area contributed by atoms with Crippen LogP contribution in [-0.4, -0.2) is 45.5 Å². The molecule has 0 saturated heterocycles. The average Bonchev–Trinajstić information content (AvgIpc) is 3.05. The number of hydrogen-bond acceptors (Lipinski definition) is 3. The Morgan fingerprint density at radius 2 is 2.20 bits per heavy atom. The number of benzene rings is 1. The summed E-state index contributed by atoms with van der Waals surface area (Å²) in [6, 6.07) is 7.71. The number of fused-ring (bicyclic) bond motifs is 1. The van der Waals surface area contributed by atoms with Gasteiger partial charge in [0.1, 0.15) is 0 Å². The van der Waals surface area contributed by atoms with Crippen LogP contribution in [0.15, 0.2) is 36.7 Å².